The standard InChI is InChI=1S/C17H23NO2S/c1-3-20-15-8-4-12(5-9-15)17(19)18-13-6-7-14(18)11-16(10-13)21-2/h4-5,8-9,13-14,16H,3,6-7,10-11H2,1-2H3. The minimum absolute atomic E-state index is 0.199. The van der Waals surface area contributed by atoms with E-state index in [1.807, 2.05) is 43.0 Å². The van der Waals surface area contributed by atoms with Crippen LogP contribution in [-0.2, 0) is 0 Å². The van der Waals surface area contributed by atoms with Crippen molar-refractivity contribution in [3.63, 3.8) is 0 Å². The predicted molar refractivity (Wildman–Crippen MR) is 87.1 cm³/mol. The summed E-state index contributed by atoms with van der Waals surface area (Å²) >= 11 is 1.96. The molecule has 0 aliphatic carbocycles. The molecule has 1 amide bonds. The van der Waals surface area contributed by atoms with Crippen molar-refractivity contribution in [3.8, 4) is 5.75 Å². The van der Waals surface area contributed by atoms with Crippen molar-refractivity contribution in [1.29, 1.82) is 0 Å². The van der Waals surface area contributed by atoms with Crippen molar-refractivity contribution in [2.24, 2.45) is 0 Å². The third kappa shape index (κ3) is 2.91. The molecule has 2 heterocycles. The zero-order chi connectivity index (χ0) is 14.8. The Balaban J connectivity index is 1.73. The van der Waals surface area contributed by atoms with E-state index in [-0.39, 0.29) is 5.91 Å². The van der Waals surface area contributed by atoms with Crippen LogP contribution in [-0.4, -0.2) is 41.0 Å². The Kier molecular flexibility index (Phi) is 4.43. The molecule has 2 atom stereocenters. The molecular formula is C17H23NO2S. The van der Waals surface area contributed by atoms with Crippen LogP contribution in [0.25, 0.3) is 0 Å². The fraction of sp³-hybridized carbons (Fsp3) is 0.588. The van der Waals surface area contributed by atoms with Gasteiger partial charge in [-0.3, -0.25) is 4.79 Å². The number of carbonyl (C=O) groups excluding carboxylic acids is 1. The van der Waals surface area contributed by atoms with Crippen LogP contribution >= 0.6 is 11.8 Å². The van der Waals surface area contributed by atoms with Gasteiger partial charge in [0.25, 0.3) is 5.91 Å². The summed E-state index contributed by atoms with van der Waals surface area (Å²) in [6, 6.07) is 8.47. The van der Waals surface area contributed by atoms with Crippen LogP contribution in [0.15, 0.2) is 24.3 Å². The van der Waals surface area contributed by atoms with Crippen LogP contribution in [0, 0.1) is 0 Å². The van der Waals surface area contributed by atoms with Crippen molar-refractivity contribution >= 4 is 17.7 Å². The van der Waals surface area contributed by atoms with E-state index in [2.05, 4.69) is 11.2 Å². The molecule has 0 radical (unpaired) electrons. The second-order valence-electron chi connectivity index (χ2n) is 5.88. The fourth-order valence-electron chi connectivity index (χ4n) is 3.66. The molecule has 4 heteroatoms. The van der Waals surface area contributed by atoms with Crippen LogP contribution < -0.4 is 4.74 Å². The van der Waals surface area contributed by atoms with Gasteiger partial charge in [-0.1, -0.05) is 0 Å². The fourth-order valence-corrected chi connectivity index (χ4v) is 4.49. The van der Waals surface area contributed by atoms with E-state index in [9.17, 15) is 4.79 Å². The SMILES string of the molecule is CCOc1ccc(C(=O)N2C3CCC2CC(SC)C3)cc1. The average molecular weight is 305 g/mol. The lowest BCUT2D eigenvalue weighted by Crippen LogP contribution is -2.47. The maximum absolute atomic E-state index is 12.8. The second kappa shape index (κ2) is 6.30. The third-order valence-corrected chi connectivity index (χ3v) is 5.72. The number of thioether (sulfide) groups is 1. The normalized spacial score (nSPS) is 27.7. The molecule has 2 aliphatic rings. The summed E-state index contributed by atoms with van der Waals surface area (Å²) < 4.78 is 5.44. The van der Waals surface area contributed by atoms with Gasteiger partial charge >= 0.3 is 0 Å². The number of rotatable bonds is 4. The van der Waals surface area contributed by atoms with Gasteiger partial charge in [0.05, 0.1) is 6.61 Å². The van der Waals surface area contributed by atoms with Gasteiger partial charge in [0.15, 0.2) is 0 Å². The molecule has 2 bridgehead atoms. The van der Waals surface area contributed by atoms with Crippen LogP contribution in [0.3, 0.4) is 0 Å². The summed E-state index contributed by atoms with van der Waals surface area (Å²) in [4.78, 5) is 15.0. The minimum atomic E-state index is 0.199. The first-order valence-corrected chi connectivity index (χ1v) is 9.10. The largest absolute Gasteiger partial charge is 0.494 e. The number of fused-ring (bicyclic) bond motifs is 2. The number of ether oxygens (including phenoxy) is 1. The number of amides is 1. The van der Waals surface area contributed by atoms with Gasteiger partial charge in [-0.2, -0.15) is 11.8 Å². The average Bonchev–Trinajstić information content (AvgIpc) is 2.77. The first-order chi connectivity index (χ1) is 10.2. The second-order valence-corrected chi connectivity index (χ2v) is 7.02. The third-order valence-electron chi connectivity index (χ3n) is 4.67. The zero-order valence-corrected chi connectivity index (χ0v) is 13.6. The van der Waals surface area contributed by atoms with Crippen molar-refractivity contribution < 1.29 is 9.53 Å². The van der Waals surface area contributed by atoms with E-state index >= 15 is 0 Å². The Morgan fingerprint density at radius 3 is 2.38 bits per heavy atom. The van der Waals surface area contributed by atoms with Crippen molar-refractivity contribution in [1.82, 2.24) is 4.90 Å². The van der Waals surface area contributed by atoms with Gasteiger partial charge < -0.3 is 9.64 Å². The van der Waals surface area contributed by atoms with Crippen LogP contribution in [0.5, 0.6) is 5.75 Å². The molecule has 2 saturated heterocycles. The first kappa shape index (κ1) is 14.8. The Morgan fingerprint density at radius 2 is 1.86 bits per heavy atom. The van der Waals surface area contributed by atoms with Gasteiger partial charge in [-0.25, -0.2) is 0 Å². The number of benzene rings is 1. The molecule has 0 N–H and O–H groups in total. The van der Waals surface area contributed by atoms with E-state index < -0.39 is 0 Å². The smallest absolute Gasteiger partial charge is 0.254 e. The van der Waals surface area contributed by atoms with Gasteiger partial charge in [0.1, 0.15) is 5.75 Å². The maximum Gasteiger partial charge on any atom is 0.254 e. The number of carbonyl (C=O) groups is 1. The molecule has 114 valence electrons. The summed E-state index contributed by atoms with van der Waals surface area (Å²) in [6.45, 7) is 2.62. The molecule has 1 aromatic rings. The van der Waals surface area contributed by atoms with E-state index in [4.69, 9.17) is 4.74 Å². The lowest BCUT2D eigenvalue weighted by atomic mass is 10.0. The molecule has 2 fully saturated rings. The lowest BCUT2D eigenvalue weighted by Gasteiger charge is -2.38. The number of hydrogen-bond donors (Lipinski definition) is 0. The summed E-state index contributed by atoms with van der Waals surface area (Å²) in [5.41, 5.74) is 0.790. The number of hydrogen-bond acceptors (Lipinski definition) is 3. The Labute approximate surface area is 131 Å². The van der Waals surface area contributed by atoms with Crippen LogP contribution in [0.4, 0.5) is 0 Å². The molecule has 0 saturated carbocycles. The molecule has 0 aromatic heterocycles. The lowest BCUT2D eigenvalue weighted by molar-refractivity contribution is 0.0601. The van der Waals surface area contributed by atoms with E-state index in [0.717, 1.165) is 29.4 Å². The highest BCUT2D eigenvalue weighted by molar-refractivity contribution is 7.99. The van der Waals surface area contributed by atoms with Crippen molar-refractivity contribution in [3.05, 3.63) is 29.8 Å². The summed E-state index contributed by atoms with van der Waals surface area (Å²) in [6.07, 6.45) is 6.84. The maximum atomic E-state index is 12.8. The molecular weight excluding hydrogens is 282 g/mol. The topological polar surface area (TPSA) is 29.5 Å². The number of nitrogens with zero attached hydrogens (tertiary/aromatic N) is 1. The van der Waals surface area contributed by atoms with Gasteiger partial charge in [-0.15, -0.1) is 0 Å². The predicted octanol–water partition coefficient (Wildman–Crippen LogP) is 3.58. The zero-order valence-electron chi connectivity index (χ0n) is 12.7. The first-order valence-electron chi connectivity index (χ1n) is 7.81. The van der Waals surface area contributed by atoms with Crippen LogP contribution in [0.1, 0.15) is 43.0 Å². The van der Waals surface area contributed by atoms with Gasteiger partial charge in [0.2, 0.25) is 0 Å². The van der Waals surface area contributed by atoms with E-state index in [1.54, 1.807) is 0 Å². The summed E-state index contributed by atoms with van der Waals surface area (Å²) in [7, 11) is 0. The summed E-state index contributed by atoms with van der Waals surface area (Å²) in [5, 5.41) is 0.729. The van der Waals surface area contributed by atoms with Gasteiger partial charge in [-0.05, 0) is 63.1 Å². The Morgan fingerprint density at radius 1 is 1.24 bits per heavy atom. The molecule has 3 nitrogen and oxygen atoms in total. The molecule has 3 rings (SSSR count). The quantitative estimate of drug-likeness (QED) is 0.851. The highest BCUT2D eigenvalue weighted by atomic mass is 32.2. The summed E-state index contributed by atoms with van der Waals surface area (Å²) in [5.74, 6) is 1.03. The molecule has 2 unspecified atom stereocenters. The minimum Gasteiger partial charge on any atom is -0.494 e. The highest BCUT2D eigenvalue weighted by Gasteiger charge is 2.43. The molecule has 21 heavy (non-hydrogen) atoms. The number of piperidine rings is 1. The van der Waals surface area contributed by atoms with Crippen LogP contribution in [0.2, 0.25) is 0 Å². The van der Waals surface area contributed by atoms with E-state index in [0.29, 0.717) is 18.7 Å². The Bertz CT molecular complexity index is 488. The molecule has 1 aromatic carbocycles. The molecule has 0 spiro atoms. The molecule has 2 aliphatic heterocycles. The highest BCUT2D eigenvalue weighted by Crippen LogP contribution is 2.40. The van der Waals surface area contributed by atoms with Crippen molar-refractivity contribution in [2.45, 2.75) is 49.9 Å². The monoisotopic (exact) mass is 305 g/mol. The Hall–Kier alpha value is -1.16. The van der Waals surface area contributed by atoms with Crippen molar-refractivity contribution in [2.75, 3.05) is 12.9 Å². The van der Waals surface area contributed by atoms with Gasteiger partial charge in [0, 0.05) is 22.9 Å². The van der Waals surface area contributed by atoms with E-state index in [1.165, 1.54) is 12.8 Å².